The summed E-state index contributed by atoms with van der Waals surface area (Å²) in [7, 11) is -21.3. The van der Waals surface area contributed by atoms with Crippen LogP contribution >= 0.6 is 31.3 Å². The molecule has 2 saturated heterocycles. The van der Waals surface area contributed by atoms with Crippen LogP contribution in [0, 0.1) is 0 Å². The van der Waals surface area contributed by atoms with Gasteiger partial charge in [0.1, 0.15) is 36.6 Å². The number of aromatic nitrogens is 8. The third kappa shape index (κ3) is 8.97. The molecule has 0 amide bonds. The second-order valence-corrected chi connectivity index (χ2v) is 18.4. The Labute approximate surface area is 315 Å². The van der Waals surface area contributed by atoms with E-state index in [1.165, 1.54) is 35.9 Å². The van der Waals surface area contributed by atoms with E-state index in [9.17, 15) is 68.5 Å². The maximum absolute atomic E-state index is 12.5. The van der Waals surface area contributed by atoms with E-state index in [1.807, 2.05) is 0 Å². The summed E-state index contributed by atoms with van der Waals surface area (Å²) in [5.41, 5.74) is 10.7. The molecule has 316 valence electrons. The number of hydrogen-bond acceptors (Lipinski definition) is 23. The van der Waals surface area contributed by atoms with E-state index in [-0.39, 0.29) is 22.3 Å². The van der Waals surface area contributed by atoms with Crippen molar-refractivity contribution in [2.24, 2.45) is 14.1 Å². The Hall–Kier alpha value is -3.38. The van der Waals surface area contributed by atoms with Gasteiger partial charge < -0.3 is 71.2 Å². The molecule has 0 spiro atoms. The monoisotopic (exact) mass is 896 g/mol. The first-order valence-electron chi connectivity index (χ1n) is 15.5. The number of ether oxygens (including phenoxy) is 2. The van der Waals surface area contributed by atoms with Crippen molar-refractivity contribution in [3.05, 3.63) is 12.7 Å². The minimum atomic E-state index is -6.25. The first-order chi connectivity index (χ1) is 26.3. The molecule has 2 aliphatic heterocycles. The molecule has 2 fully saturated rings. The van der Waals surface area contributed by atoms with Crippen LogP contribution in [0.1, 0.15) is 12.5 Å². The van der Waals surface area contributed by atoms with Gasteiger partial charge in [-0.15, -0.1) is 0 Å². The molecule has 0 saturated carbocycles. The molecule has 0 bridgehead atoms. The molecule has 0 radical (unpaired) electrons. The second-order valence-electron chi connectivity index (χ2n) is 12.2. The smallest absolute Gasteiger partial charge is 0.490 e. The van der Waals surface area contributed by atoms with E-state index in [0.29, 0.717) is 0 Å². The van der Waals surface area contributed by atoms with Crippen LogP contribution in [-0.4, -0.2) is 119 Å². The summed E-state index contributed by atoms with van der Waals surface area (Å²) < 4.78 is 86.1. The molecule has 4 aromatic rings. The van der Waals surface area contributed by atoms with Gasteiger partial charge in [-0.3, -0.25) is 18.2 Å². The SMILES string of the molecule is Cn1c[n+]([C@@H]2O[C@H](COP(=O)(O)OP(=O)(O)OP(=O)(O)OP(=O)(O)OC[C@H]3O[C@@H]([n+]4cn(C)c5c([O-])nc(N)nc54)[C@H](O)[C@@H]3O)[C@@H](O)[C@H]2O)c2nc(N)nc([O-])c21. The van der Waals surface area contributed by atoms with Crippen molar-refractivity contribution in [2.45, 2.75) is 49.1 Å². The number of phosphoric ester groups is 2. The Bertz CT molecular complexity index is 2240. The fourth-order valence-electron chi connectivity index (χ4n) is 5.82. The zero-order valence-electron chi connectivity index (χ0n) is 28.6. The lowest BCUT2D eigenvalue weighted by Crippen LogP contribution is -2.46. The third-order valence-corrected chi connectivity index (χ3v) is 14.0. The fourth-order valence-corrected chi connectivity index (χ4v) is 10.8. The number of imidazole rings is 2. The lowest BCUT2D eigenvalue weighted by molar-refractivity contribution is -0.746. The molecule has 12 atom stereocenters. The highest BCUT2D eigenvalue weighted by Gasteiger charge is 2.51. The van der Waals surface area contributed by atoms with Gasteiger partial charge >= 0.3 is 42.6 Å². The number of anilines is 2. The van der Waals surface area contributed by atoms with Gasteiger partial charge in [-0.1, -0.05) is 9.97 Å². The van der Waals surface area contributed by atoms with Gasteiger partial charge in [0.15, 0.2) is 23.7 Å². The zero-order chi connectivity index (χ0) is 42.2. The van der Waals surface area contributed by atoms with Gasteiger partial charge in [-0.2, -0.15) is 12.9 Å². The average Bonchev–Trinajstić information content (AvgIpc) is 3.74. The van der Waals surface area contributed by atoms with Crippen molar-refractivity contribution >= 4 is 65.5 Å². The number of aliphatic hydroxyl groups is 4. The second kappa shape index (κ2) is 15.3. The first kappa shape index (κ1) is 43.2. The molecule has 12 N–H and O–H groups in total. The molecule has 6 heterocycles. The van der Waals surface area contributed by atoms with Gasteiger partial charge in [0.2, 0.25) is 12.5 Å². The number of fused-ring (bicyclic) bond motifs is 2. The quantitative estimate of drug-likeness (QED) is 0.0417. The molecule has 6 rings (SSSR count). The molecule has 4 unspecified atom stereocenters. The third-order valence-electron chi connectivity index (χ3n) is 8.14. The minimum absolute atomic E-state index is 0.0776. The van der Waals surface area contributed by atoms with Crippen LogP contribution < -0.4 is 30.8 Å². The predicted molar refractivity (Wildman–Crippen MR) is 171 cm³/mol. The molecular formula is C22H32N10O21P4. The molecule has 2 aliphatic rings. The summed E-state index contributed by atoms with van der Waals surface area (Å²) in [6.07, 6.45) is -11.3. The molecule has 0 aliphatic carbocycles. The van der Waals surface area contributed by atoms with Crippen LogP contribution in [0.2, 0.25) is 0 Å². The van der Waals surface area contributed by atoms with Gasteiger partial charge in [-0.25, -0.2) is 37.4 Å². The van der Waals surface area contributed by atoms with Crippen molar-refractivity contribution < 1.29 is 109 Å². The van der Waals surface area contributed by atoms with E-state index in [0.717, 1.165) is 9.13 Å². The summed E-state index contributed by atoms with van der Waals surface area (Å²) >= 11 is 0. The first-order valence-corrected chi connectivity index (χ1v) is 21.5. The van der Waals surface area contributed by atoms with Gasteiger partial charge in [0.25, 0.3) is 11.9 Å². The number of phosphoric acid groups is 4. The maximum Gasteiger partial charge on any atom is 0.490 e. The molecule has 31 nitrogen and oxygen atoms in total. The van der Waals surface area contributed by atoms with Crippen molar-refractivity contribution in [3.8, 4) is 11.8 Å². The Morgan fingerprint density at radius 1 is 0.649 bits per heavy atom. The van der Waals surface area contributed by atoms with E-state index in [2.05, 4.69) is 41.9 Å². The molecular weight excluding hydrogens is 864 g/mol. The van der Waals surface area contributed by atoms with Crippen molar-refractivity contribution in [2.75, 3.05) is 24.7 Å². The summed E-state index contributed by atoms with van der Waals surface area (Å²) in [5.74, 6) is -2.44. The highest BCUT2D eigenvalue weighted by molar-refractivity contribution is 7.69. The Morgan fingerprint density at radius 2 is 0.982 bits per heavy atom. The number of rotatable bonds is 14. The molecule has 4 aromatic heterocycles. The van der Waals surface area contributed by atoms with Crippen molar-refractivity contribution in [3.63, 3.8) is 0 Å². The molecule has 0 aromatic carbocycles. The normalized spacial score (nSPS) is 29.6. The Kier molecular flexibility index (Phi) is 11.6. The van der Waals surface area contributed by atoms with Gasteiger partial charge in [0.05, 0.1) is 27.3 Å². The van der Waals surface area contributed by atoms with E-state index in [4.69, 9.17) is 20.9 Å². The number of aliphatic hydroxyl groups excluding tert-OH is 4. The minimum Gasteiger partial charge on any atom is -0.856 e. The summed E-state index contributed by atoms with van der Waals surface area (Å²) in [6, 6.07) is 0. The number of aryl methyl sites for hydroxylation is 2. The summed E-state index contributed by atoms with van der Waals surface area (Å²) in [6.45, 7) is -2.34. The van der Waals surface area contributed by atoms with Gasteiger partial charge in [0, 0.05) is 11.8 Å². The van der Waals surface area contributed by atoms with E-state index >= 15 is 0 Å². The average molecular weight is 896 g/mol. The van der Waals surface area contributed by atoms with Crippen LogP contribution in [0.4, 0.5) is 11.9 Å². The standard InChI is InChI=1S/C22H32N10O21P4/c1-29-5-31(15-9(29)17(37)27-21(23)25-15)19-13(35)11(33)7(49-19)3-47-54(39,40)51-56(43,44)53-57(45,46)52-55(41,42)48-4-8-12(34)14(36)20(50-8)32-6-30(2)10-16(32)26-22(24)28-18(10)38/h5-8,11-14,19-20,33-36H,3-4H2,1-2H3,(H8-2,23,24,25,26,27,28,37,38,39,40,41,42,43,44,45,46)/t7-,8-,11-,12-,13-,14-,19-,20-/m1/s1. The van der Waals surface area contributed by atoms with Crippen LogP contribution in [-0.2, 0) is 63.8 Å². The highest BCUT2D eigenvalue weighted by atomic mass is 31.3. The van der Waals surface area contributed by atoms with Crippen molar-refractivity contribution in [1.82, 2.24) is 29.1 Å². The summed E-state index contributed by atoms with van der Waals surface area (Å²) in [5, 5.41) is 66.7. The lowest BCUT2D eigenvalue weighted by atomic mass is 10.1. The Balaban J connectivity index is 1.03. The number of nitrogen functional groups attached to an aromatic ring is 2. The lowest BCUT2D eigenvalue weighted by Gasteiger charge is -2.21. The highest BCUT2D eigenvalue weighted by Crippen LogP contribution is 2.71. The fraction of sp³-hybridized carbons (Fsp3) is 0.545. The van der Waals surface area contributed by atoms with Crippen LogP contribution in [0.15, 0.2) is 12.7 Å². The zero-order valence-corrected chi connectivity index (χ0v) is 32.2. The van der Waals surface area contributed by atoms with Crippen LogP contribution in [0.3, 0.4) is 0 Å². The largest absolute Gasteiger partial charge is 0.856 e. The van der Waals surface area contributed by atoms with E-state index < -0.39 is 117 Å². The van der Waals surface area contributed by atoms with Crippen LogP contribution in [0.25, 0.3) is 22.3 Å². The number of nitrogens with zero attached hydrogens (tertiary/aromatic N) is 8. The molecule has 57 heavy (non-hydrogen) atoms. The molecule has 35 heteroatoms. The Morgan fingerprint density at radius 3 is 1.33 bits per heavy atom. The summed E-state index contributed by atoms with van der Waals surface area (Å²) in [4.78, 5) is 54.7. The number of hydrogen-bond donors (Lipinski definition) is 10. The topological polar surface area (TPSA) is 462 Å². The predicted octanol–water partition coefficient (Wildman–Crippen LogP) is -5.44. The number of nitrogens with two attached hydrogens (primary N) is 2. The van der Waals surface area contributed by atoms with Crippen LogP contribution in [0.5, 0.6) is 11.8 Å². The van der Waals surface area contributed by atoms with E-state index in [1.54, 1.807) is 0 Å². The van der Waals surface area contributed by atoms with Crippen molar-refractivity contribution in [1.29, 1.82) is 0 Å². The maximum atomic E-state index is 12.5. The van der Waals surface area contributed by atoms with Gasteiger partial charge in [-0.05, 0) is 0 Å².